The van der Waals surface area contributed by atoms with Gasteiger partial charge in [0.25, 0.3) is 5.91 Å². The van der Waals surface area contributed by atoms with Gasteiger partial charge in [0.1, 0.15) is 0 Å². The second kappa shape index (κ2) is 8.66. The summed E-state index contributed by atoms with van der Waals surface area (Å²) in [6.07, 6.45) is 6.39. The molecule has 3 fully saturated rings. The first-order chi connectivity index (χ1) is 13.9. The second-order valence-electron chi connectivity index (χ2n) is 8.86. The van der Waals surface area contributed by atoms with E-state index in [1.807, 2.05) is 0 Å². The number of hydrogen-bond acceptors (Lipinski definition) is 4. The van der Waals surface area contributed by atoms with Gasteiger partial charge in [0, 0.05) is 51.9 Å². The Morgan fingerprint density at radius 2 is 1.72 bits per heavy atom. The average Bonchev–Trinajstić information content (AvgIpc) is 3.24. The number of hydrogen-bond donors (Lipinski definition) is 1. The van der Waals surface area contributed by atoms with Crippen LogP contribution in [-0.4, -0.2) is 76.6 Å². The molecule has 0 radical (unpaired) electrons. The largest absolute Gasteiger partial charge is 0.379 e. The molecule has 4 rings (SSSR count). The summed E-state index contributed by atoms with van der Waals surface area (Å²) in [5, 5.41) is 11.1. The highest BCUT2D eigenvalue weighted by molar-refractivity contribution is 5.86. The van der Waals surface area contributed by atoms with Crippen molar-refractivity contribution >= 4 is 5.91 Å². The molecule has 1 atom stereocenters. The van der Waals surface area contributed by atoms with Crippen LogP contribution >= 0.6 is 0 Å². The number of nitrogens with zero attached hydrogens (tertiary/aromatic N) is 3. The van der Waals surface area contributed by atoms with Crippen LogP contribution in [0.5, 0.6) is 0 Å². The zero-order valence-corrected chi connectivity index (χ0v) is 17.0. The third kappa shape index (κ3) is 4.62. The molecule has 0 bridgehead atoms. The van der Waals surface area contributed by atoms with E-state index < -0.39 is 17.2 Å². The van der Waals surface area contributed by atoms with E-state index in [2.05, 4.69) is 9.80 Å². The fraction of sp³-hybridized carbons (Fsp3) is 0.682. The Kier molecular flexibility index (Phi) is 6.18. The maximum atomic E-state index is 13.5. The van der Waals surface area contributed by atoms with Gasteiger partial charge in [0.2, 0.25) is 0 Å². The van der Waals surface area contributed by atoms with Crippen LogP contribution in [0.4, 0.5) is 8.78 Å². The van der Waals surface area contributed by atoms with E-state index in [0.717, 1.165) is 38.3 Å². The Morgan fingerprint density at radius 1 is 1.00 bits per heavy atom. The van der Waals surface area contributed by atoms with Crippen LogP contribution < -0.4 is 0 Å². The van der Waals surface area contributed by atoms with Crippen molar-refractivity contribution in [3.63, 3.8) is 0 Å². The first-order valence-electron chi connectivity index (χ1n) is 10.9. The number of piperazine rings is 1. The Balaban J connectivity index is 1.34. The lowest BCUT2D eigenvalue weighted by Gasteiger charge is -2.44. The van der Waals surface area contributed by atoms with Crippen LogP contribution in [0.3, 0.4) is 0 Å². The number of benzene rings is 1. The van der Waals surface area contributed by atoms with E-state index in [9.17, 15) is 18.7 Å². The van der Waals surface area contributed by atoms with Crippen LogP contribution in [0.25, 0.3) is 0 Å². The summed E-state index contributed by atoms with van der Waals surface area (Å²) in [5.74, 6) is -2.11. The molecule has 1 aliphatic carbocycles. The van der Waals surface area contributed by atoms with Crippen molar-refractivity contribution in [3.05, 3.63) is 35.4 Å². The van der Waals surface area contributed by atoms with Crippen LogP contribution in [0.2, 0.25) is 0 Å². The maximum absolute atomic E-state index is 13.5. The van der Waals surface area contributed by atoms with Gasteiger partial charge in [0.15, 0.2) is 17.2 Å². The molecule has 1 aromatic carbocycles. The molecule has 1 aromatic rings. The smallest absolute Gasteiger partial charge is 0.256 e. The minimum Gasteiger partial charge on any atom is -0.379 e. The second-order valence-corrected chi connectivity index (χ2v) is 8.86. The summed E-state index contributed by atoms with van der Waals surface area (Å²) in [5.41, 5.74) is -0.863. The van der Waals surface area contributed by atoms with Crippen molar-refractivity contribution < 1.29 is 18.7 Å². The van der Waals surface area contributed by atoms with E-state index in [1.165, 1.54) is 31.7 Å². The molecule has 29 heavy (non-hydrogen) atoms. The highest BCUT2D eigenvalue weighted by atomic mass is 19.2. The monoisotopic (exact) mass is 407 g/mol. The van der Waals surface area contributed by atoms with Gasteiger partial charge in [0.05, 0.1) is 0 Å². The lowest BCUT2D eigenvalue weighted by Crippen LogP contribution is -2.60. The number of rotatable bonds is 5. The van der Waals surface area contributed by atoms with Gasteiger partial charge in [-0.05, 0) is 43.4 Å². The molecule has 1 N–H and O–H groups in total. The van der Waals surface area contributed by atoms with E-state index in [1.54, 1.807) is 4.90 Å². The molecule has 2 heterocycles. The number of piperidine rings is 1. The van der Waals surface area contributed by atoms with Crippen LogP contribution in [-0.2, 0) is 11.3 Å². The predicted molar refractivity (Wildman–Crippen MR) is 106 cm³/mol. The minimum absolute atomic E-state index is 0.188. The van der Waals surface area contributed by atoms with Crippen molar-refractivity contribution in [2.24, 2.45) is 0 Å². The molecular formula is C22H31F2N3O2. The van der Waals surface area contributed by atoms with Crippen LogP contribution in [0.1, 0.15) is 44.1 Å². The van der Waals surface area contributed by atoms with Gasteiger partial charge in [-0.25, -0.2) is 8.78 Å². The number of aliphatic hydroxyl groups is 1. The lowest BCUT2D eigenvalue weighted by molar-refractivity contribution is -0.160. The molecule has 0 unspecified atom stereocenters. The summed E-state index contributed by atoms with van der Waals surface area (Å²) in [6.45, 7) is 4.79. The zero-order valence-electron chi connectivity index (χ0n) is 17.0. The van der Waals surface area contributed by atoms with Gasteiger partial charge in [-0.2, -0.15) is 0 Å². The molecule has 0 spiro atoms. The molecule has 5 nitrogen and oxygen atoms in total. The van der Waals surface area contributed by atoms with Crippen molar-refractivity contribution in [1.82, 2.24) is 14.7 Å². The molecule has 7 heteroatoms. The van der Waals surface area contributed by atoms with Gasteiger partial charge in [-0.3, -0.25) is 14.6 Å². The lowest BCUT2D eigenvalue weighted by atomic mass is 9.90. The van der Waals surface area contributed by atoms with E-state index in [-0.39, 0.29) is 12.5 Å². The number of likely N-dealkylation sites (tertiary alicyclic amines) is 1. The number of β-amino-alcohol motifs (C(OH)–C–C–N with tert-alkyl or cyclic N) is 1. The maximum Gasteiger partial charge on any atom is 0.256 e. The third-order valence-corrected chi connectivity index (χ3v) is 6.79. The topological polar surface area (TPSA) is 47.0 Å². The van der Waals surface area contributed by atoms with Crippen molar-refractivity contribution in [2.75, 3.05) is 39.3 Å². The van der Waals surface area contributed by atoms with Crippen LogP contribution in [0.15, 0.2) is 18.2 Å². The molecule has 160 valence electrons. The van der Waals surface area contributed by atoms with Crippen molar-refractivity contribution in [1.29, 1.82) is 0 Å². The Bertz CT molecular complexity index is 733. The standard InChI is InChI=1S/C22H31F2N3O2/c23-19-7-6-17(14-20(19)24)15-27-9-3-8-22(29,21(27)28)16-25-10-12-26(13-11-25)18-4-1-2-5-18/h6-7,14,18,29H,1-5,8-13,15-16H2/t22-/m1/s1. The highest BCUT2D eigenvalue weighted by Crippen LogP contribution is 2.28. The third-order valence-electron chi connectivity index (χ3n) is 6.79. The van der Waals surface area contributed by atoms with Gasteiger partial charge >= 0.3 is 0 Å². The first kappa shape index (κ1) is 20.7. The number of halogens is 2. The van der Waals surface area contributed by atoms with Gasteiger partial charge < -0.3 is 10.0 Å². The summed E-state index contributed by atoms with van der Waals surface area (Å²) >= 11 is 0. The minimum atomic E-state index is -1.40. The quantitative estimate of drug-likeness (QED) is 0.814. The first-order valence-corrected chi connectivity index (χ1v) is 10.9. The Morgan fingerprint density at radius 3 is 2.41 bits per heavy atom. The fourth-order valence-corrected chi connectivity index (χ4v) is 5.15. The average molecular weight is 408 g/mol. The van der Waals surface area contributed by atoms with Crippen LogP contribution in [0, 0.1) is 11.6 Å². The SMILES string of the molecule is O=C1N(Cc2ccc(F)c(F)c2)CCC[C@@]1(O)CN1CCN(C2CCCC2)CC1. The van der Waals surface area contributed by atoms with Crippen molar-refractivity contribution in [2.45, 2.75) is 56.7 Å². The Hall–Kier alpha value is -1.57. The van der Waals surface area contributed by atoms with Gasteiger partial charge in [-0.15, -0.1) is 0 Å². The molecule has 2 aliphatic heterocycles. The molecule has 3 aliphatic rings. The molecular weight excluding hydrogens is 376 g/mol. The number of amides is 1. The number of carbonyl (C=O) groups excluding carboxylic acids is 1. The molecule has 2 saturated heterocycles. The van der Waals surface area contributed by atoms with Gasteiger partial charge in [-0.1, -0.05) is 18.9 Å². The predicted octanol–water partition coefficient (Wildman–Crippen LogP) is 2.38. The zero-order chi connectivity index (χ0) is 20.4. The van der Waals surface area contributed by atoms with E-state index in [4.69, 9.17) is 0 Å². The fourth-order valence-electron chi connectivity index (χ4n) is 5.15. The van der Waals surface area contributed by atoms with E-state index >= 15 is 0 Å². The highest BCUT2D eigenvalue weighted by Gasteiger charge is 2.43. The summed E-state index contributed by atoms with van der Waals surface area (Å²) in [6, 6.07) is 4.40. The summed E-state index contributed by atoms with van der Waals surface area (Å²) in [4.78, 5) is 19.4. The van der Waals surface area contributed by atoms with E-state index in [0.29, 0.717) is 37.5 Å². The molecule has 0 aromatic heterocycles. The molecule has 1 amide bonds. The molecule has 1 saturated carbocycles. The number of carbonyl (C=O) groups is 1. The summed E-state index contributed by atoms with van der Waals surface area (Å²) in [7, 11) is 0. The summed E-state index contributed by atoms with van der Waals surface area (Å²) < 4.78 is 26.7. The van der Waals surface area contributed by atoms with Crippen molar-refractivity contribution in [3.8, 4) is 0 Å². The Labute approximate surface area is 171 Å². The normalized spacial score (nSPS) is 27.7.